The number of nitrogens with zero attached hydrogens (tertiary/aromatic N) is 1. The molecule has 0 aliphatic carbocycles. The molecule has 5 heteroatoms. The first-order chi connectivity index (χ1) is 9.44. The van der Waals surface area contributed by atoms with Gasteiger partial charge in [0.15, 0.2) is 0 Å². The molecule has 2 rings (SSSR count). The number of carboxylic acid groups (broad SMARTS) is 1. The van der Waals surface area contributed by atoms with Crippen molar-refractivity contribution in [1.82, 2.24) is 4.90 Å². The van der Waals surface area contributed by atoms with Crippen LogP contribution in [0.4, 0.5) is 4.39 Å². The molecule has 1 fully saturated rings. The van der Waals surface area contributed by atoms with Crippen molar-refractivity contribution in [3.63, 3.8) is 0 Å². The number of benzene rings is 1. The second-order valence-corrected chi connectivity index (χ2v) is 5.19. The number of aliphatic carboxylic acids is 1. The number of amides is 1. The quantitative estimate of drug-likeness (QED) is 0.925. The van der Waals surface area contributed by atoms with Gasteiger partial charge in [-0.2, -0.15) is 0 Å². The molecule has 1 aliphatic heterocycles. The Bertz CT molecular complexity index is 558. The molecule has 1 aliphatic rings. The van der Waals surface area contributed by atoms with Gasteiger partial charge in [0.25, 0.3) is 5.91 Å². The minimum absolute atomic E-state index is 0.0500. The first-order valence-corrected chi connectivity index (χ1v) is 6.74. The van der Waals surface area contributed by atoms with Gasteiger partial charge in [-0.15, -0.1) is 0 Å². The summed E-state index contributed by atoms with van der Waals surface area (Å²) in [7, 11) is 0. The largest absolute Gasteiger partial charge is 0.479 e. The molecule has 1 amide bonds. The molecule has 4 nitrogen and oxygen atoms in total. The van der Waals surface area contributed by atoms with Crippen molar-refractivity contribution in [2.24, 2.45) is 0 Å². The van der Waals surface area contributed by atoms with Crippen LogP contribution in [-0.4, -0.2) is 34.0 Å². The molecule has 1 unspecified atom stereocenters. The van der Waals surface area contributed by atoms with Crippen LogP contribution in [0.5, 0.6) is 0 Å². The summed E-state index contributed by atoms with van der Waals surface area (Å²) < 4.78 is 14.1. The van der Waals surface area contributed by atoms with Gasteiger partial charge in [-0.25, -0.2) is 9.18 Å². The standard InChI is InChI=1S/C15H18FNO3/c1-3-15(14(19)20)8-5-9-17(15)13(18)11-7-4-6-10(2)12(11)16/h4,6-7H,3,5,8-9H2,1-2H3,(H,19,20). The molecule has 0 bridgehead atoms. The molecule has 20 heavy (non-hydrogen) atoms. The van der Waals surface area contributed by atoms with E-state index in [4.69, 9.17) is 0 Å². The van der Waals surface area contributed by atoms with Crippen molar-refractivity contribution in [3.05, 3.63) is 35.1 Å². The molecule has 1 N–H and O–H groups in total. The number of rotatable bonds is 3. The fourth-order valence-electron chi connectivity index (χ4n) is 2.87. The number of carboxylic acids is 1. The molecule has 0 spiro atoms. The third kappa shape index (κ3) is 2.07. The molecule has 1 saturated heterocycles. The number of aryl methyl sites for hydroxylation is 1. The summed E-state index contributed by atoms with van der Waals surface area (Å²) in [4.78, 5) is 25.4. The highest BCUT2D eigenvalue weighted by Crippen LogP contribution is 2.34. The Labute approximate surface area is 117 Å². The van der Waals surface area contributed by atoms with E-state index >= 15 is 0 Å². The van der Waals surface area contributed by atoms with Crippen LogP contribution in [0.1, 0.15) is 42.1 Å². The second-order valence-electron chi connectivity index (χ2n) is 5.19. The second kappa shape index (κ2) is 5.23. The number of carbonyl (C=O) groups is 2. The lowest BCUT2D eigenvalue weighted by Gasteiger charge is -2.34. The molecular formula is C15H18FNO3. The Balaban J connectivity index is 2.42. The van der Waals surface area contributed by atoms with Gasteiger partial charge in [0, 0.05) is 6.54 Å². The molecule has 1 atom stereocenters. The Hall–Kier alpha value is -1.91. The normalized spacial score (nSPS) is 22.1. The van der Waals surface area contributed by atoms with E-state index in [9.17, 15) is 19.1 Å². The van der Waals surface area contributed by atoms with Gasteiger partial charge in [-0.3, -0.25) is 4.79 Å². The van der Waals surface area contributed by atoms with E-state index in [1.165, 1.54) is 11.0 Å². The van der Waals surface area contributed by atoms with Crippen LogP contribution in [0.2, 0.25) is 0 Å². The summed E-state index contributed by atoms with van der Waals surface area (Å²) in [6.45, 7) is 3.68. The van der Waals surface area contributed by atoms with Crippen LogP contribution in [0.15, 0.2) is 18.2 Å². The van der Waals surface area contributed by atoms with Crippen LogP contribution in [0.3, 0.4) is 0 Å². The van der Waals surface area contributed by atoms with E-state index < -0.39 is 23.2 Å². The summed E-state index contributed by atoms with van der Waals surface area (Å²) in [6, 6.07) is 4.60. The predicted molar refractivity (Wildman–Crippen MR) is 72.1 cm³/mol. The fraction of sp³-hybridized carbons (Fsp3) is 0.467. The SMILES string of the molecule is CCC1(C(=O)O)CCCN1C(=O)c1cccc(C)c1F. The maximum Gasteiger partial charge on any atom is 0.329 e. The summed E-state index contributed by atoms with van der Waals surface area (Å²) in [5.41, 5.74) is -0.869. The monoisotopic (exact) mass is 279 g/mol. The zero-order valence-electron chi connectivity index (χ0n) is 11.6. The highest BCUT2D eigenvalue weighted by atomic mass is 19.1. The predicted octanol–water partition coefficient (Wildman–Crippen LogP) is 2.60. The molecular weight excluding hydrogens is 261 g/mol. The molecule has 0 aromatic heterocycles. The zero-order valence-corrected chi connectivity index (χ0v) is 11.6. The summed E-state index contributed by atoms with van der Waals surface area (Å²) >= 11 is 0. The summed E-state index contributed by atoms with van der Waals surface area (Å²) in [5, 5.41) is 9.47. The minimum Gasteiger partial charge on any atom is -0.479 e. The van der Waals surface area contributed by atoms with Crippen molar-refractivity contribution in [2.45, 2.75) is 38.6 Å². The van der Waals surface area contributed by atoms with Crippen molar-refractivity contribution in [3.8, 4) is 0 Å². The maximum absolute atomic E-state index is 14.1. The Morgan fingerprint density at radius 2 is 2.15 bits per heavy atom. The molecule has 108 valence electrons. The lowest BCUT2D eigenvalue weighted by molar-refractivity contribution is -0.148. The molecule has 0 saturated carbocycles. The van der Waals surface area contributed by atoms with Gasteiger partial charge in [0.1, 0.15) is 11.4 Å². The average molecular weight is 279 g/mol. The molecule has 1 heterocycles. The number of likely N-dealkylation sites (tertiary alicyclic amines) is 1. The minimum atomic E-state index is -1.20. The van der Waals surface area contributed by atoms with Crippen molar-refractivity contribution < 1.29 is 19.1 Å². The number of halogens is 1. The average Bonchev–Trinajstić information content (AvgIpc) is 2.86. The fourth-order valence-corrected chi connectivity index (χ4v) is 2.87. The summed E-state index contributed by atoms with van der Waals surface area (Å²) in [6.07, 6.45) is 1.36. The Morgan fingerprint density at radius 3 is 2.75 bits per heavy atom. The number of hydrogen-bond acceptors (Lipinski definition) is 2. The highest BCUT2D eigenvalue weighted by molar-refractivity contribution is 5.98. The Kier molecular flexibility index (Phi) is 3.79. The van der Waals surface area contributed by atoms with E-state index in [1.807, 2.05) is 0 Å². The lowest BCUT2D eigenvalue weighted by Crippen LogP contribution is -2.52. The highest BCUT2D eigenvalue weighted by Gasteiger charge is 2.49. The van der Waals surface area contributed by atoms with Crippen LogP contribution in [0, 0.1) is 12.7 Å². The van der Waals surface area contributed by atoms with E-state index in [0.717, 1.165) is 0 Å². The van der Waals surface area contributed by atoms with Crippen LogP contribution < -0.4 is 0 Å². The van der Waals surface area contributed by atoms with Gasteiger partial charge >= 0.3 is 5.97 Å². The van der Waals surface area contributed by atoms with Crippen LogP contribution in [0.25, 0.3) is 0 Å². The number of hydrogen-bond donors (Lipinski definition) is 1. The van der Waals surface area contributed by atoms with Gasteiger partial charge in [0.2, 0.25) is 0 Å². The van der Waals surface area contributed by atoms with Crippen LogP contribution in [-0.2, 0) is 4.79 Å². The van der Waals surface area contributed by atoms with E-state index in [0.29, 0.717) is 31.4 Å². The van der Waals surface area contributed by atoms with Crippen molar-refractivity contribution >= 4 is 11.9 Å². The van der Waals surface area contributed by atoms with E-state index in [1.54, 1.807) is 26.0 Å². The van der Waals surface area contributed by atoms with Crippen molar-refractivity contribution in [1.29, 1.82) is 0 Å². The van der Waals surface area contributed by atoms with E-state index in [-0.39, 0.29) is 5.56 Å². The Morgan fingerprint density at radius 1 is 1.45 bits per heavy atom. The van der Waals surface area contributed by atoms with Gasteiger partial charge in [-0.1, -0.05) is 19.1 Å². The van der Waals surface area contributed by atoms with Gasteiger partial charge < -0.3 is 10.0 Å². The molecule has 1 aromatic carbocycles. The maximum atomic E-state index is 14.1. The number of carbonyl (C=O) groups excluding carboxylic acids is 1. The first kappa shape index (κ1) is 14.5. The van der Waals surface area contributed by atoms with Crippen LogP contribution >= 0.6 is 0 Å². The van der Waals surface area contributed by atoms with Crippen molar-refractivity contribution in [2.75, 3.05) is 6.54 Å². The smallest absolute Gasteiger partial charge is 0.329 e. The summed E-state index contributed by atoms with van der Waals surface area (Å²) in [5.74, 6) is -2.12. The molecule has 1 aromatic rings. The third-order valence-corrected chi connectivity index (χ3v) is 4.14. The topological polar surface area (TPSA) is 57.6 Å². The third-order valence-electron chi connectivity index (χ3n) is 4.14. The van der Waals surface area contributed by atoms with E-state index in [2.05, 4.69) is 0 Å². The van der Waals surface area contributed by atoms with Gasteiger partial charge in [0.05, 0.1) is 5.56 Å². The lowest BCUT2D eigenvalue weighted by atomic mass is 9.92. The zero-order chi connectivity index (χ0) is 14.9. The first-order valence-electron chi connectivity index (χ1n) is 6.74. The van der Waals surface area contributed by atoms with Gasteiger partial charge in [-0.05, 0) is 37.8 Å². The molecule has 0 radical (unpaired) electrons.